The van der Waals surface area contributed by atoms with Crippen LogP contribution in [-0.4, -0.2) is 38.4 Å². The Balaban J connectivity index is 1.18. The molecule has 0 unspecified atom stereocenters. The van der Waals surface area contributed by atoms with E-state index in [1.165, 1.54) is 10.5 Å². The van der Waals surface area contributed by atoms with Crippen molar-refractivity contribution in [2.75, 3.05) is 31.7 Å². The standard InChI is InChI=1S/C22H25N3O4/c26-21(24-22(27)23-18-6-7-19-20(13-18)29-15-28-19)14-25-10-8-17(9-11-25)12-16-4-2-1-3-5-16/h1-7,13,17H,8-12,14-15H2,(H2,23,24,26,27)/p+1. The Hall–Kier alpha value is -3.06. The highest BCUT2D eigenvalue weighted by Gasteiger charge is 2.24. The van der Waals surface area contributed by atoms with Gasteiger partial charge in [-0.1, -0.05) is 30.3 Å². The van der Waals surface area contributed by atoms with Gasteiger partial charge in [0.25, 0.3) is 5.91 Å². The Morgan fingerprint density at radius 3 is 2.55 bits per heavy atom. The van der Waals surface area contributed by atoms with Crippen LogP contribution in [0.1, 0.15) is 18.4 Å². The van der Waals surface area contributed by atoms with E-state index < -0.39 is 6.03 Å². The number of imide groups is 1. The van der Waals surface area contributed by atoms with E-state index in [4.69, 9.17) is 9.47 Å². The van der Waals surface area contributed by atoms with Crippen LogP contribution in [0.3, 0.4) is 0 Å². The Morgan fingerprint density at radius 1 is 1.00 bits per heavy atom. The number of nitrogens with one attached hydrogen (secondary N) is 3. The molecular weight excluding hydrogens is 370 g/mol. The average Bonchev–Trinajstić information content (AvgIpc) is 3.18. The van der Waals surface area contributed by atoms with E-state index in [2.05, 4.69) is 34.9 Å². The van der Waals surface area contributed by atoms with Gasteiger partial charge in [0.05, 0.1) is 13.1 Å². The fraction of sp³-hybridized carbons (Fsp3) is 0.364. The number of quaternary nitrogens is 1. The number of benzene rings is 2. The zero-order valence-electron chi connectivity index (χ0n) is 16.3. The third-order valence-corrected chi connectivity index (χ3v) is 5.47. The van der Waals surface area contributed by atoms with Crippen LogP contribution in [0.2, 0.25) is 0 Å². The number of hydrogen-bond donors (Lipinski definition) is 3. The second-order valence-corrected chi connectivity index (χ2v) is 7.63. The molecule has 1 saturated heterocycles. The molecule has 1 fully saturated rings. The number of hydrogen-bond acceptors (Lipinski definition) is 4. The normalized spacial score (nSPS) is 20.1. The monoisotopic (exact) mass is 396 g/mol. The topological polar surface area (TPSA) is 81.1 Å². The van der Waals surface area contributed by atoms with Gasteiger partial charge in [-0.05, 0) is 42.9 Å². The summed E-state index contributed by atoms with van der Waals surface area (Å²) in [4.78, 5) is 25.6. The van der Waals surface area contributed by atoms with Crippen molar-refractivity contribution >= 4 is 17.6 Å². The van der Waals surface area contributed by atoms with Crippen LogP contribution in [0, 0.1) is 5.92 Å². The van der Waals surface area contributed by atoms with Gasteiger partial charge in [0.1, 0.15) is 0 Å². The highest BCUT2D eigenvalue weighted by atomic mass is 16.7. The number of rotatable bonds is 5. The Labute approximate surface area is 170 Å². The summed E-state index contributed by atoms with van der Waals surface area (Å²) in [6.07, 6.45) is 3.29. The molecule has 0 aliphatic carbocycles. The third kappa shape index (κ3) is 5.26. The Bertz CT molecular complexity index is 864. The quantitative estimate of drug-likeness (QED) is 0.717. The Kier molecular flexibility index (Phi) is 5.95. The van der Waals surface area contributed by atoms with Crippen molar-refractivity contribution in [1.82, 2.24) is 5.32 Å². The molecule has 0 bridgehead atoms. The fourth-order valence-corrected chi connectivity index (χ4v) is 3.95. The van der Waals surface area contributed by atoms with E-state index >= 15 is 0 Å². The SMILES string of the molecule is O=C(C[NH+]1CCC(Cc2ccccc2)CC1)NC(=O)Nc1ccc2c(c1)OCO2. The number of piperidine rings is 1. The Morgan fingerprint density at radius 2 is 1.76 bits per heavy atom. The lowest BCUT2D eigenvalue weighted by molar-refractivity contribution is -0.898. The summed E-state index contributed by atoms with van der Waals surface area (Å²) < 4.78 is 10.5. The first-order chi connectivity index (χ1) is 14.2. The largest absolute Gasteiger partial charge is 0.454 e. The van der Waals surface area contributed by atoms with Crippen LogP contribution in [0.25, 0.3) is 0 Å². The molecule has 152 valence electrons. The minimum absolute atomic E-state index is 0.175. The van der Waals surface area contributed by atoms with Gasteiger partial charge in [-0.2, -0.15) is 0 Å². The number of carbonyl (C=O) groups excluding carboxylic acids is 2. The van der Waals surface area contributed by atoms with Crippen LogP contribution in [-0.2, 0) is 11.2 Å². The molecule has 29 heavy (non-hydrogen) atoms. The summed E-state index contributed by atoms with van der Waals surface area (Å²) in [6, 6.07) is 15.1. The molecule has 2 heterocycles. The minimum atomic E-state index is -0.535. The van der Waals surface area contributed by atoms with E-state index in [-0.39, 0.29) is 12.7 Å². The molecule has 2 aromatic carbocycles. The first-order valence-electron chi connectivity index (χ1n) is 10.0. The van der Waals surface area contributed by atoms with Gasteiger partial charge in [0, 0.05) is 11.8 Å². The molecule has 4 rings (SSSR count). The first-order valence-corrected chi connectivity index (χ1v) is 10.0. The predicted octanol–water partition coefficient (Wildman–Crippen LogP) is 1.60. The van der Waals surface area contributed by atoms with Crippen LogP contribution in [0.4, 0.5) is 10.5 Å². The van der Waals surface area contributed by atoms with E-state index in [0.717, 1.165) is 32.4 Å². The maximum atomic E-state index is 12.2. The lowest BCUT2D eigenvalue weighted by Gasteiger charge is -2.28. The van der Waals surface area contributed by atoms with Crippen molar-refractivity contribution in [2.45, 2.75) is 19.3 Å². The van der Waals surface area contributed by atoms with Gasteiger partial charge in [0.2, 0.25) is 6.79 Å². The summed E-state index contributed by atoms with van der Waals surface area (Å²) in [6.45, 7) is 2.39. The molecular formula is C22H26N3O4+. The highest BCUT2D eigenvalue weighted by molar-refractivity contribution is 6.01. The summed E-state index contributed by atoms with van der Waals surface area (Å²) in [5.74, 6) is 1.63. The highest BCUT2D eigenvalue weighted by Crippen LogP contribution is 2.34. The number of urea groups is 1. The molecule has 2 aliphatic heterocycles. The van der Waals surface area contributed by atoms with E-state index in [1.54, 1.807) is 18.2 Å². The smallest absolute Gasteiger partial charge is 0.326 e. The van der Waals surface area contributed by atoms with Crippen molar-refractivity contribution in [3.8, 4) is 11.5 Å². The second-order valence-electron chi connectivity index (χ2n) is 7.63. The summed E-state index contributed by atoms with van der Waals surface area (Å²) >= 11 is 0. The average molecular weight is 396 g/mol. The van der Waals surface area contributed by atoms with Crippen LogP contribution in [0.5, 0.6) is 11.5 Å². The molecule has 2 aliphatic rings. The van der Waals surface area contributed by atoms with Crippen molar-refractivity contribution in [1.29, 1.82) is 0 Å². The maximum Gasteiger partial charge on any atom is 0.326 e. The number of likely N-dealkylation sites (tertiary alicyclic amines) is 1. The van der Waals surface area contributed by atoms with Gasteiger partial charge in [0.15, 0.2) is 18.0 Å². The molecule has 7 heteroatoms. The number of anilines is 1. The van der Waals surface area contributed by atoms with Crippen molar-refractivity contribution in [3.05, 3.63) is 54.1 Å². The van der Waals surface area contributed by atoms with Crippen molar-refractivity contribution < 1.29 is 24.0 Å². The zero-order valence-corrected chi connectivity index (χ0v) is 16.3. The van der Waals surface area contributed by atoms with Crippen molar-refractivity contribution in [2.24, 2.45) is 5.92 Å². The number of carbonyl (C=O) groups is 2. The lowest BCUT2D eigenvalue weighted by Crippen LogP contribution is -3.14. The molecule has 0 spiro atoms. The zero-order chi connectivity index (χ0) is 20.1. The maximum absolute atomic E-state index is 12.2. The first kappa shape index (κ1) is 19.3. The van der Waals surface area contributed by atoms with Gasteiger partial charge in [-0.25, -0.2) is 4.79 Å². The van der Waals surface area contributed by atoms with Gasteiger partial charge in [-0.3, -0.25) is 10.1 Å². The number of ether oxygens (including phenoxy) is 2. The van der Waals surface area contributed by atoms with Gasteiger partial charge >= 0.3 is 6.03 Å². The van der Waals surface area contributed by atoms with E-state index in [1.807, 2.05) is 6.07 Å². The second kappa shape index (κ2) is 8.96. The van der Waals surface area contributed by atoms with Crippen LogP contribution >= 0.6 is 0 Å². The van der Waals surface area contributed by atoms with E-state index in [0.29, 0.717) is 29.6 Å². The summed E-state index contributed by atoms with van der Waals surface area (Å²) in [5.41, 5.74) is 1.92. The molecule has 3 amide bonds. The molecule has 0 radical (unpaired) electrons. The molecule has 2 aromatic rings. The van der Waals surface area contributed by atoms with E-state index in [9.17, 15) is 9.59 Å². The van der Waals surface area contributed by atoms with Gasteiger partial charge < -0.3 is 19.7 Å². The fourth-order valence-electron chi connectivity index (χ4n) is 3.95. The molecule has 0 atom stereocenters. The summed E-state index contributed by atoms with van der Waals surface area (Å²) in [7, 11) is 0. The number of amides is 3. The molecule has 0 aromatic heterocycles. The van der Waals surface area contributed by atoms with Crippen LogP contribution in [0.15, 0.2) is 48.5 Å². The van der Waals surface area contributed by atoms with Gasteiger partial charge in [-0.15, -0.1) is 0 Å². The molecule has 0 saturated carbocycles. The summed E-state index contributed by atoms with van der Waals surface area (Å²) in [5, 5.41) is 5.07. The lowest BCUT2D eigenvalue weighted by atomic mass is 9.90. The minimum Gasteiger partial charge on any atom is -0.454 e. The molecule has 7 nitrogen and oxygen atoms in total. The third-order valence-electron chi connectivity index (χ3n) is 5.47. The number of fused-ring (bicyclic) bond motifs is 1. The predicted molar refractivity (Wildman–Crippen MR) is 108 cm³/mol. The molecule has 3 N–H and O–H groups in total. The van der Waals surface area contributed by atoms with Crippen LogP contribution < -0.4 is 25.0 Å². The van der Waals surface area contributed by atoms with Crippen molar-refractivity contribution in [3.63, 3.8) is 0 Å².